The van der Waals surface area contributed by atoms with Gasteiger partial charge in [0, 0.05) is 24.7 Å². The van der Waals surface area contributed by atoms with E-state index in [0.29, 0.717) is 6.04 Å². The Morgan fingerprint density at radius 3 is 2.57 bits per heavy atom. The second-order valence-electron chi connectivity index (χ2n) is 6.88. The zero-order valence-corrected chi connectivity index (χ0v) is 13.4. The summed E-state index contributed by atoms with van der Waals surface area (Å²) in [5, 5.41) is 11.6. The molecule has 120 valence electrons. The van der Waals surface area contributed by atoms with Crippen molar-refractivity contribution < 1.29 is 5.11 Å². The van der Waals surface area contributed by atoms with E-state index < -0.39 is 5.60 Å². The normalized spacial score (nSPS) is 30.7. The van der Waals surface area contributed by atoms with Gasteiger partial charge in [-0.3, -0.25) is 0 Å². The number of benzene rings is 1. The number of anilines is 1. The van der Waals surface area contributed by atoms with E-state index in [0.717, 1.165) is 37.2 Å². The van der Waals surface area contributed by atoms with Gasteiger partial charge in [-0.2, -0.15) is 0 Å². The summed E-state index contributed by atoms with van der Waals surface area (Å²) in [6, 6.07) is 16.8. The Morgan fingerprint density at radius 2 is 1.78 bits per heavy atom. The minimum atomic E-state index is -0.697. The van der Waals surface area contributed by atoms with Crippen molar-refractivity contribution in [1.82, 2.24) is 4.98 Å². The standard InChI is InChI=1S/C20H24N2O/c23-20(16-8-2-1-3-9-16)13-15-22(19-12-6-7-14-21-19)18-11-5-4-10-17(18)20/h1-3,6-9,12,14,17-18,23H,4-5,10-11,13,15H2/t17-,18+,20?/m0/s1. The van der Waals surface area contributed by atoms with Crippen LogP contribution < -0.4 is 4.90 Å². The van der Waals surface area contributed by atoms with E-state index in [1.165, 1.54) is 12.8 Å². The molecule has 3 heteroatoms. The van der Waals surface area contributed by atoms with Gasteiger partial charge in [-0.15, -0.1) is 0 Å². The van der Waals surface area contributed by atoms with Crippen molar-refractivity contribution in [2.24, 2.45) is 5.92 Å². The molecule has 2 aromatic rings. The van der Waals surface area contributed by atoms with E-state index in [1.807, 2.05) is 30.5 Å². The monoisotopic (exact) mass is 308 g/mol. The van der Waals surface area contributed by atoms with Gasteiger partial charge in [-0.05, 0) is 37.0 Å². The number of hydrogen-bond donors (Lipinski definition) is 1. The molecule has 1 saturated heterocycles. The zero-order valence-electron chi connectivity index (χ0n) is 13.4. The maximum absolute atomic E-state index is 11.6. The molecule has 4 rings (SSSR count). The van der Waals surface area contributed by atoms with Crippen molar-refractivity contribution in [3.05, 3.63) is 60.3 Å². The topological polar surface area (TPSA) is 36.4 Å². The Labute approximate surface area is 138 Å². The molecular formula is C20H24N2O. The van der Waals surface area contributed by atoms with Crippen LogP contribution in [0.1, 0.15) is 37.7 Å². The average Bonchev–Trinajstić information content (AvgIpc) is 2.64. The first kappa shape index (κ1) is 14.7. The predicted molar refractivity (Wildman–Crippen MR) is 92.3 cm³/mol. The Balaban J connectivity index is 1.69. The summed E-state index contributed by atoms with van der Waals surface area (Å²) in [7, 11) is 0. The van der Waals surface area contributed by atoms with Gasteiger partial charge in [0.1, 0.15) is 5.82 Å². The Bertz CT molecular complexity index is 645. The highest BCUT2D eigenvalue weighted by Gasteiger charge is 2.49. The molecule has 0 amide bonds. The van der Waals surface area contributed by atoms with Crippen LogP contribution in [0.25, 0.3) is 0 Å². The molecule has 1 unspecified atom stereocenters. The van der Waals surface area contributed by atoms with Crippen LogP contribution in [0.3, 0.4) is 0 Å². The number of rotatable bonds is 2. The molecule has 1 N–H and O–H groups in total. The van der Waals surface area contributed by atoms with Crippen LogP contribution in [0.2, 0.25) is 0 Å². The van der Waals surface area contributed by atoms with Gasteiger partial charge in [-0.1, -0.05) is 49.2 Å². The fourth-order valence-electron chi connectivity index (χ4n) is 4.58. The molecule has 23 heavy (non-hydrogen) atoms. The van der Waals surface area contributed by atoms with Crippen LogP contribution in [-0.4, -0.2) is 22.7 Å². The van der Waals surface area contributed by atoms with Crippen LogP contribution in [0.4, 0.5) is 5.82 Å². The van der Waals surface area contributed by atoms with Crippen molar-refractivity contribution >= 4 is 5.82 Å². The highest BCUT2D eigenvalue weighted by molar-refractivity contribution is 5.42. The van der Waals surface area contributed by atoms with Gasteiger partial charge < -0.3 is 10.0 Å². The molecule has 2 fully saturated rings. The van der Waals surface area contributed by atoms with E-state index in [-0.39, 0.29) is 5.92 Å². The highest BCUT2D eigenvalue weighted by Crippen LogP contribution is 2.47. The number of piperidine rings is 1. The number of pyridine rings is 1. The summed E-state index contributed by atoms with van der Waals surface area (Å²) in [5.74, 6) is 1.34. The SMILES string of the molecule is OC1(c2ccccc2)CCN(c2ccccn2)[C@@H]2CCCC[C@@H]21. The van der Waals surface area contributed by atoms with Gasteiger partial charge in [0.05, 0.1) is 5.60 Å². The van der Waals surface area contributed by atoms with Crippen molar-refractivity contribution in [3.8, 4) is 0 Å². The molecule has 0 radical (unpaired) electrons. The third-order valence-electron chi connectivity index (χ3n) is 5.69. The Kier molecular flexibility index (Phi) is 3.82. The summed E-state index contributed by atoms with van der Waals surface area (Å²) >= 11 is 0. The van der Waals surface area contributed by atoms with Crippen LogP contribution >= 0.6 is 0 Å². The zero-order chi connectivity index (χ0) is 15.7. The summed E-state index contributed by atoms with van der Waals surface area (Å²) in [6.07, 6.45) is 7.34. The van der Waals surface area contributed by atoms with E-state index in [4.69, 9.17) is 0 Å². The fourth-order valence-corrected chi connectivity index (χ4v) is 4.58. The van der Waals surface area contributed by atoms with Crippen LogP contribution in [0.15, 0.2) is 54.7 Å². The summed E-state index contributed by atoms with van der Waals surface area (Å²) < 4.78 is 0. The van der Waals surface area contributed by atoms with Gasteiger partial charge in [-0.25, -0.2) is 4.98 Å². The van der Waals surface area contributed by atoms with Gasteiger partial charge >= 0.3 is 0 Å². The fraction of sp³-hybridized carbons (Fsp3) is 0.450. The maximum atomic E-state index is 11.6. The average molecular weight is 308 g/mol. The maximum Gasteiger partial charge on any atom is 0.128 e. The number of nitrogens with zero attached hydrogens (tertiary/aromatic N) is 2. The van der Waals surface area contributed by atoms with Gasteiger partial charge in [0.2, 0.25) is 0 Å². The van der Waals surface area contributed by atoms with E-state index in [2.05, 4.69) is 34.1 Å². The minimum absolute atomic E-state index is 0.286. The number of fused-ring (bicyclic) bond motifs is 1. The molecular weight excluding hydrogens is 284 g/mol. The molecule has 1 aromatic heterocycles. The number of hydrogen-bond acceptors (Lipinski definition) is 3. The van der Waals surface area contributed by atoms with Gasteiger partial charge in [0.25, 0.3) is 0 Å². The van der Waals surface area contributed by atoms with E-state index in [9.17, 15) is 5.11 Å². The largest absolute Gasteiger partial charge is 0.385 e. The Morgan fingerprint density at radius 1 is 1.00 bits per heavy atom. The third kappa shape index (κ3) is 2.53. The first-order chi connectivity index (χ1) is 11.3. The first-order valence-electron chi connectivity index (χ1n) is 8.74. The molecule has 0 spiro atoms. The lowest BCUT2D eigenvalue weighted by Crippen LogP contribution is -2.57. The summed E-state index contributed by atoms with van der Waals surface area (Å²) in [6.45, 7) is 0.865. The first-order valence-corrected chi connectivity index (χ1v) is 8.74. The molecule has 1 aromatic carbocycles. The minimum Gasteiger partial charge on any atom is -0.385 e. The van der Waals surface area contributed by atoms with Gasteiger partial charge in [0.15, 0.2) is 0 Å². The molecule has 1 saturated carbocycles. The molecule has 3 atom stereocenters. The second kappa shape index (κ2) is 5.97. The lowest BCUT2D eigenvalue weighted by molar-refractivity contribution is -0.0690. The molecule has 3 nitrogen and oxygen atoms in total. The molecule has 2 heterocycles. The van der Waals surface area contributed by atoms with Crippen molar-refractivity contribution in [2.45, 2.75) is 43.7 Å². The lowest BCUT2D eigenvalue weighted by Gasteiger charge is -2.53. The molecule has 1 aliphatic carbocycles. The molecule has 2 aliphatic rings. The second-order valence-corrected chi connectivity index (χ2v) is 6.88. The smallest absolute Gasteiger partial charge is 0.128 e. The summed E-state index contributed by atoms with van der Waals surface area (Å²) in [4.78, 5) is 6.99. The van der Waals surface area contributed by atoms with Crippen LogP contribution in [0, 0.1) is 5.92 Å². The molecule has 1 aliphatic heterocycles. The van der Waals surface area contributed by atoms with E-state index >= 15 is 0 Å². The van der Waals surface area contributed by atoms with Crippen molar-refractivity contribution in [1.29, 1.82) is 0 Å². The van der Waals surface area contributed by atoms with Crippen LogP contribution in [0.5, 0.6) is 0 Å². The van der Waals surface area contributed by atoms with Crippen LogP contribution in [-0.2, 0) is 5.60 Å². The van der Waals surface area contributed by atoms with Crippen molar-refractivity contribution in [3.63, 3.8) is 0 Å². The predicted octanol–water partition coefficient (Wildman–Crippen LogP) is 3.74. The molecule has 0 bridgehead atoms. The van der Waals surface area contributed by atoms with E-state index in [1.54, 1.807) is 0 Å². The number of aromatic nitrogens is 1. The third-order valence-corrected chi connectivity index (χ3v) is 5.69. The Hall–Kier alpha value is -1.87. The lowest BCUT2D eigenvalue weighted by atomic mass is 9.66. The highest BCUT2D eigenvalue weighted by atomic mass is 16.3. The summed E-state index contributed by atoms with van der Waals surface area (Å²) in [5.41, 5.74) is 0.384. The quantitative estimate of drug-likeness (QED) is 0.918. The van der Waals surface area contributed by atoms with Crippen molar-refractivity contribution in [2.75, 3.05) is 11.4 Å². The number of aliphatic hydroxyl groups is 1.